The molecule has 1 aliphatic heterocycles. The van der Waals surface area contributed by atoms with E-state index < -0.39 is 10.9 Å². The SMILES string of the molecule is O=C(c1cccc(Nc2c(NCc3ccccc3)c(=O)c2=O)c1O)N1CCN(c2ncccn2)CC1. The van der Waals surface area contributed by atoms with Gasteiger partial charge in [0, 0.05) is 45.1 Å². The fourth-order valence-corrected chi connectivity index (χ4v) is 4.15. The maximum absolute atomic E-state index is 13.2. The number of aromatic nitrogens is 2. The molecular weight excluding hydrogens is 460 g/mol. The Bertz CT molecular complexity index is 1440. The van der Waals surface area contributed by atoms with Gasteiger partial charge in [-0.05, 0) is 23.8 Å². The maximum atomic E-state index is 13.2. The number of piperazine rings is 1. The minimum Gasteiger partial charge on any atom is -0.505 e. The van der Waals surface area contributed by atoms with Crippen LogP contribution in [-0.2, 0) is 6.54 Å². The van der Waals surface area contributed by atoms with Crippen molar-refractivity contribution in [1.82, 2.24) is 14.9 Å². The molecule has 0 unspecified atom stereocenters. The van der Waals surface area contributed by atoms with Gasteiger partial charge in [-0.25, -0.2) is 9.97 Å². The van der Waals surface area contributed by atoms with Gasteiger partial charge >= 0.3 is 0 Å². The molecule has 0 saturated carbocycles. The lowest BCUT2D eigenvalue weighted by molar-refractivity contribution is 0.0743. The zero-order valence-corrected chi connectivity index (χ0v) is 19.3. The van der Waals surface area contributed by atoms with E-state index in [1.807, 2.05) is 35.2 Å². The van der Waals surface area contributed by atoms with Crippen LogP contribution in [0.4, 0.5) is 23.0 Å². The Morgan fingerprint density at radius 2 is 1.56 bits per heavy atom. The average molecular weight is 485 g/mol. The number of nitrogens with zero attached hydrogens (tertiary/aromatic N) is 4. The highest BCUT2D eigenvalue weighted by Gasteiger charge is 2.27. The van der Waals surface area contributed by atoms with Crippen LogP contribution >= 0.6 is 0 Å². The van der Waals surface area contributed by atoms with E-state index in [1.165, 1.54) is 6.07 Å². The Hall–Kier alpha value is -4.73. The highest BCUT2D eigenvalue weighted by Crippen LogP contribution is 2.32. The number of rotatable bonds is 7. The molecule has 3 aromatic carbocycles. The Labute approximate surface area is 206 Å². The summed E-state index contributed by atoms with van der Waals surface area (Å²) in [6.07, 6.45) is 3.35. The molecule has 10 nitrogen and oxygen atoms in total. The standard InChI is InChI=1S/C26H24N6O4/c33-22-18(25(36)31-12-14-32(15-13-31)26-27-10-5-11-28-26)8-4-9-19(22)30-21-20(23(34)24(21)35)29-16-17-6-2-1-3-7-17/h1-11,29-30,33H,12-16H2. The number of hydrogen-bond acceptors (Lipinski definition) is 9. The second kappa shape index (κ2) is 9.87. The zero-order valence-electron chi connectivity index (χ0n) is 19.3. The van der Waals surface area contributed by atoms with Crippen molar-refractivity contribution in [2.24, 2.45) is 0 Å². The molecule has 0 spiro atoms. The molecule has 0 aliphatic carbocycles. The third-order valence-electron chi connectivity index (χ3n) is 6.15. The normalized spacial score (nSPS) is 13.6. The number of nitrogens with one attached hydrogen (secondary N) is 2. The predicted octanol–water partition coefficient (Wildman–Crippen LogP) is 2.10. The number of anilines is 4. The van der Waals surface area contributed by atoms with Crippen molar-refractivity contribution in [3.05, 3.63) is 98.6 Å². The summed E-state index contributed by atoms with van der Waals surface area (Å²) in [5.41, 5.74) is 0.146. The van der Waals surface area contributed by atoms with Gasteiger partial charge in [0.1, 0.15) is 11.4 Å². The number of aromatic hydroxyl groups is 1. The number of para-hydroxylation sites is 1. The summed E-state index contributed by atoms with van der Waals surface area (Å²) >= 11 is 0. The first-order valence-corrected chi connectivity index (χ1v) is 11.5. The smallest absolute Gasteiger partial charge is 0.257 e. The number of hydrogen-bond donors (Lipinski definition) is 3. The van der Waals surface area contributed by atoms with Crippen molar-refractivity contribution in [1.29, 1.82) is 0 Å². The second-order valence-corrected chi connectivity index (χ2v) is 8.40. The first kappa shape index (κ1) is 23.0. The molecule has 10 heteroatoms. The Morgan fingerprint density at radius 3 is 2.28 bits per heavy atom. The van der Waals surface area contributed by atoms with E-state index in [9.17, 15) is 19.5 Å². The third-order valence-corrected chi connectivity index (χ3v) is 6.15. The van der Waals surface area contributed by atoms with Crippen molar-refractivity contribution in [3.8, 4) is 5.75 Å². The van der Waals surface area contributed by atoms with Crippen LogP contribution in [0.15, 0.2) is 76.6 Å². The highest BCUT2D eigenvalue weighted by molar-refractivity contribution is 5.99. The number of carbonyl (C=O) groups excluding carboxylic acids is 1. The fourth-order valence-electron chi connectivity index (χ4n) is 4.15. The summed E-state index contributed by atoms with van der Waals surface area (Å²) < 4.78 is 0. The topological polar surface area (TPSA) is 128 Å². The molecular formula is C26H24N6O4. The van der Waals surface area contributed by atoms with Gasteiger partial charge in [-0.3, -0.25) is 14.4 Å². The summed E-state index contributed by atoms with van der Waals surface area (Å²) in [7, 11) is 0. The van der Waals surface area contributed by atoms with Crippen LogP contribution in [0.25, 0.3) is 0 Å². The molecule has 1 aliphatic rings. The van der Waals surface area contributed by atoms with Gasteiger partial charge in [-0.15, -0.1) is 0 Å². The molecule has 0 atom stereocenters. The quantitative estimate of drug-likeness (QED) is 0.267. The fraction of sp³-hybridized carbons (Fsp3) is 0.192. The summed E-state index contributed by atoms with van der Waals surface area (Å²) in [4.78, 5) is 49.7. The lowest BCUT2D eigenvalue weighted by Gasteiger charge is -2.34. The summed E-state index contributed by atoms with van der Waals surface area (Å²) in [6.45, 7) is 2.38. The minimum absolute atomic E-state index is 0.0623. The van der Waals surface area contributed by atoms with Gasteiger partial charge in [-0.2, -0.15) is 0 Å². The molecule has 0 bridgehead atoms. The van der Waals surface area contributed by atoms with Gasteiger partial charge in [0.15, 0.2) is 5.75 Å². The molecule has 5 rings (SSSR count). The van der Waals surface area contributed by atoms with Gasteiger partial charge in [0.05, 0.1) is 11.3 Å². The Morgan fingerprint density at radius 1 is 0.861 bits per heavy atom. The number of phenolic OH excluding ortho intramolecular Hbond substituents is 1. The van der Waals surface area contributed by atoms with Crippen molar-refractivity contribution < 1.29 is 9.90 Å². The maximum Gasteiger partial charge on any atom is 0.257 e. The van der Waals surface area contributed by atoms with Crippen molar-refractivity contribution in [3.63, 3.8) is 0 Å². The number of phenols is 1. The molecule has 36 heavy (non-hydrogen) atoms. The van der Waals surface area contributed by atoms with E-state index in [4.69, 9.17) is 0 Å². The first-order valence-electron chi connectivity index (χ1n) is 11.5. The van der Waals surface area contributed by atoms with E-state index in [0.717, 1.165) is 5.56 Å². The third kappa shape index (κ3) is 4.48. The predicted molar refractivity (Wildman–Crippen MR) is 137 cm³/mol. The first-order chi connectivity index (χ1) is 17.5. The number of amides is 1. The average Bonchev–Trinajstić information content (AvgIpc) is 2.94. The van der Waals surface area contributed by atoms with Gasteiger partial charge < -0.3 is 25.5 Å². The molecule has 4 aromatic rings. The molecule has 0 radical (unpaired) electrons. The monoisotopic (exact) mass is 484 g/mol. The molecule has 1 saturated heterocycles. The zero-order chi connectivity index (χ0) is 25.1. The summed E-state index contributed by atoms with van der Waals surface area (Å²) in [5, 5.41) is 16.7. The van der Waals surface area contributed by atoms with E-state index >= 15 is 0 Å². The number of benzene rings is 2. The summed E-state index contributed by atoms with van der Waals surface area (Å²) in [6, 6.07) is 15.9. The Kier molecular flexibility index (Phi) is 6.31. The van der Waals surface area contributed by atoms with Gasteiger partial charge in [-0.1, -0.05) is 36.4 Å². The van der Waals surface area contributed by atoms with Crippen LogP contribution in [0.1, 0.15) is 15.9 Å². The highest BCUT2D eigenvalue weighted by atomic mass is 16.3. The van der Waals surface area contributed by atoms with Crippen molar-refractivity contribution in [2.45, 2.75) is 6.54 Å². The van der Waals surface area contributed by atoms with Crippen LogP contribution < -0.4 is 26.4 Å². The van der Waals surface area contributed by atoms with Crippen molar-refractivity contribution in [2.75, 3.05) is 41.7 Å². The second-order valence-electron chi connectivity index (χ2n) is 8.40. The Balaban J connectivity index is 1.28. The van der Waals surface area contributed by atoms with E-state index in [1.54, 1.807) is 35.5 Å². The van der Waals surface area contributed by atoms with Gasteiger partial charge in [0.25, 0.3) is 16.8 Å². The van der Waals surface area contributed by atoms with E-state index in [2.05, 4.69) is 20.6 Å². The largest absolute Gasteiger partial charge is 0.505 e. The molecule has 3 N–H and O–H groups in total. The van der Waals surface area contributed by atoms with E-state index in [-0.39, 0.29) is 34.3 Å². The van der Waals surface area contributed by atoms with Crippen molar-refractivity contribution >= 4 is 28.9 Å². The summed E-state index contributed by atoms with van der Waals surface area (Å²) in [5.74, 6) is 0.0129. The molecule has 1 amide bonds. The lowest BCUT2D eigenvalue weighted by atomic mass is 10.1. The van der Waals surface area contributed by atoms with Crippen LogP contribution in [0.2, 0.25) is 0 Å². The number of carbonyl (C=O) groups is 1. The molecule has 2 heterocycles. The molecule has 182 valence electrons. The van der Waals surface area contributed by atoms with Crippen LogP contribution in [-0.4, -0.2) is 52.1 Å². The molecule has 1 aromatic heterocycles. The molecule has 1 fully saturated rings. The van der Waals surface area contributed by atoms with E-state index in [0.29, 0.717) is 38.7 Å². The van der Waals surface area contributed by atoms with Crippen LogP contribution in [0.3, 0.4) is 0 Å². The minimum atomic E-state index is -0.680. The van der Waals surface area contributed by atoms with Crippen LogP contribution in [0, 0.1) is 0 Å². The van der Waals surface area contributed by atoms with Gasteiger partial charge in [0.2, 0.25) is 5.95 Å². The van der Waals surface area contributed by atoms with Crippen LogP contribution in [0.5, 0.6) is 5.75 Å². The lowest BCUT2D eigenvalue weighted by Crippen LogP contribution is -2.49.